The molecule has 1 aliphatic heterocycles. The lowest BCUT2D eigenvalue weighted by molar-refractivity contribution is 0.171. The molecular formula is C15H11ClF2O3. The molecule has 1 aliphatic rings. The van der Waals surface area contributed by atoms with Crippen molar-refractivity contribution in [2.75, 3.05) is 6.79 Å². The highest BCUT2D eigenvalue weighted by molar-refractivity contribution is 6.32. The summed E-state index contributed by atoms with van der Waals surface area (Å²) in [6, 6.07) is 6.30. The normalized spacial score (nSPS) is 14.3. The van der Waals surface area contributed by atoms with Crippen LogP contribution >= 0.6 is 11.6 Å². The van der Waals surface area contributed by atoms with Crippen molar-refractivity contribution in [3.63, 3.8) is 0 Å². The predicted octanol–water partition coefficient (Wildman–Crippen LogP) is 3.62. The molecule has 1 heterocycles. The summed E-state index contributed by atoms with van der Waals surface area (Å²) in [4.78, 5) is 0. The number of ether oxygens (including phenoxy) is 2. The van der Waals surface area contributed by atoms with Gasteiger partial charge in [0.2, 0.25) is 6.79 Å². The average molecular weight is 313 g/mol. The molecule has 0 bridgehead atoms. The average Bonchev–Trinajstić information content (AvgIpc) is 2.86. The summed E-state index contributed by atoms with van der Waals surface area (Å²) in [6.07, 6.45) is -0.900. The molecule has 2 aromatic rings. The summed E-state index contributed by atoms with van der Waals surface area (Å²) in [7, 11) is 0. The Morgan fingerprint density at radius 1 is 1.10 bits per heavy atom. The van der Waals surface area contributed by atoms with Gasteiger partial charge < -0.3 is 14.6 Å². The Hall–Kier alpha value is -1.85. The van der Waals surface area contributed by atoms with E-state index in [1.165, 1.54) is 12.1 Å². The van der Waals surface area contributed by atoms with Crippen LogP contribution in [0, 0.1) is 11.6 Å². The van der Waals surface area contributed by atoms with Crippen LogP contribution in [0.4, 0.5) is 8.78 Å². The Morgan fingerprint density at radius 3 is 2.52 bits per heavy atom. The fraction of sp³-hybridized carbons (Fsp3) is 0.200. The first-order valence-electron chi connectivity index (χ1n) is 6.25. The second-order valence-electron chi connectivity index (χ2n) is 4.73. The highest BCUT2D eigenvalue weighted by Crippen LogP contribution is 2.41. The van der Waals surface area contributed by atoms with Gasteiger partial charge in [-0.05, 0) is 35.4 Å². The topological polar surface area (TPSA) is 38.7 Å². The molecule has 1 N–H and O–H groups in total. The molecule has 3 nitrogen and oxygen atoms in total. The highest BCUT2D eigenvalue weighted by Gasteiger charge is 2.21. The van der Waals surface area contributed by atoms with Gasteiger partial charge in [-0.2, -0.15) is 0 Å². The zero-order chi connectivity index (χ0) is 15.0. The number of halogens is 3. The number of hydrogen-bond donors (Lipinski definition) is 1. The molecule has 3 rings (SSSR count). The maximum Gasteiger partial charge on any atom is 0.231 e. The molecule has 6 heteroatoms. The third kappa shape index (κ3) is 2.94. The van der Waals surface area contributed by atoms with Gasteiger partial charge in [0, 0.05) is 12.5 Å². The van der Waals surface area contributed by atoms with Gasteiger partial charge in [-0.25, -0.2) is 8.78 Å². The first-order valence-corrected chi connectivity index (χ1v) is 6.63. The third-order valence-corrected chi connectivity index (χ3v) is 3.47. The highest BCUT2D eigenvalue weighted by atomic mass is 35.5. The van der Waals surface area contributed by atoms with Crippen molar-refractivity contribution in [2.24, 2.45) is 0 Å². The van der Waals surface area contributed by atoms with E-state index in [9.17, 15) is 13.9 Å². The van der Waals surface area contributed by atoms with E-state index >= 15 is 0 Å². The van der Waals surface area contributed by atoms with Crippen molar-refractivity contribution >= 4 is 11.6 Å². The Labute approximate surface area is 124 Å². The van der Waals surface area contributed by atoms with Gasteiger partial charge in [0.15, 0.2) is 11.5 Å². The van der Waals surface area contributed by atoms with E-state index in [2.05, 4.69) is 0 Å². The molecule has 21 heavy (non-hydrogen) atoms. The molecule has 0 fully saturated rings. The zero-order valence-corrected chi connectivity index (χ0v) is 11.5. The van der Waals surface area contributed by atoms with Crippen LogP contribution in [0.2, 0.25) is 5.02 Å². The fourth-order valence-corrected chi connectivity index (χ4v) is 2.52. The van der Waals surface area contributed by atoms with Crippen LogP contribution < -0.4 is 9.47 Å². The molecule has 0 spiro atoms. The summed E-state index contributed by atoms with van der Waals surface area (Å²) in [5, 5.41) is 10.5. The van der Waals surface area contributed by atoms with Crippen LogP contribution in [0.5, 0.6) is 11.5 Å². The smallest absolute Gasteiger partial charge is 0.231 e. The van der Waals surface area contributed by atoms with E-state index in [-0.39, 0.29) is 13.2 Å². The van der Waals surface area contributed by atoms with Crippen molar-refractivity contribution in [3.8, 4) is 11.5 Å². The number of aliphatic hydroxyl groups is 1. The van der Waals surface area contributed by atoms with Gasteiger partial charge >= 0.3 is 0 Å². The molecular weight excluding hydrogens is 302 g/mol. The molecule has 0 saturated carbocycles. The second-order valence-corrected chi connectivity index (χ2v) is 5.14. The van der Waals surface area contributed by atoms with Gasteiger partial charge in [0.25, 0.3) is 0 Å². The predicted molar refractivity (Wildman–Crippen MR) is 72.6 cm³/mol. The summed E-state index contributed by atoms with van der Waals surface area (Å²) < 4.78 is 36.7. The van der Waals surface area contributed by atoms with Crippen LogP contribution in [0.15, 0.2) is 30.3 Å². The molecule has 110 valence electrons. The van der Waals surface area contributed by atoms with E-state index in [4.69, 9.17) is 21.1 Å². The van der Waals surface area contributed by atoms with Gasteiger partial charge in [-0.3, -0.25) is 0 Å². The van der Waals surface area contributed by atoms with Crippen molar-refractivity contribution < 1.29 is 23.4 Å². The lowest BCUT2D eigenvalue weighted by atomic mass is 10.0. The first kappa shape index (κ1) is 14.1. The van der Waals surface area contributed by atoms with E-state index in [0.717, 1.165) is 6.07 Å². The Morgan fingerprint density at radius 2 is 1.81 bits per heavy atom. The quantitative estimate of drug-likeness (QED) is 0.940. The third-order valence-electron chi connectivity index (χ3n) is 3.19. The maximum atomic E-state index is 13.1. The van der Waals surface area contributed by atoms with Crippen LogP contribution in [0.1, 0.15) is 17.2 Å². The van der Waals surface area contributed by atoms with E-state index < -0.39 is 17.7 Å². The van der Waals surface area contributed by atoms with E-state index in [1.54, 1.807) is 12.1 Å². The number of rotatable bonds is 3. The van der Waals surface area contributed by atoms with Crippen molar-refractivity contribution in [1.82, 2.24) is 0 Å². The summed E-state index contributed by atoms with van der Waals surface area (Å²) in [5.41, 5.74) is 0.850. The molecule has 0 saturated heterocycles. The number of aliphatic hydroxyl groups excluding tert-OH is 1. The van der Waals surface area contributed by atoms with Crippen LogP contribution in [0.3, 0.4) is 0 Å². The van der Waals surface area contributed by atoms with Crippen LogP contribution in [0.25, 0.3) is 0 Å². The second kappa shape index (κ2) is 5.50. The summed E-state index contributed by atoms with van der Waals surface area (Å²) in [6.45, 7) is 0.0731. The molecule has 0 radical (unpaired) electrons. The Bertz CT molecular complexity index is 671. The molecule has 0 amide bonds. The molecule has 0 aliphatic carbocycles. The standard InChI is InChI=1S/C15H11ClF2O3/c16-12-4-9(5-14-15(12)21-7-20-14)13(19)3-8-1-10(17)6-11(18)2-8/h1-2,4-6,13,19H,3,7H2. The minimum Gasteiger partial charge on any atom is -0.454 e. The minimum absolute atomic E-state index is 0.0602. The molecule has 1 unspecified atom stereocenters. The lowest BCUT2D eigenvalue weighted by Crippen LogP contribution is -2.03. The molecule has 2 aromatic carbocycles. The zero-order valence-electron chi connectivity index (χ0n) is 10.8. The minimum atomic E-state index is -0.960. The summed E-state index contributed by atoms with van der Waals surface area (Å²) in [5.74, 6) is -0.478. The number of benzene rings is 2. The maximum absolute atomic E-state index is 13.1. The summed E-state index contributed by atoms with van der Waals surface area (Å²) >= 11 is 6.04. The SMILES string of the molecule is OC(Cc1cc(F)cc(F)c1)c1cc(Cl)c2c(c1)OCO2. The Kier molecular flexibility index (Phi) is 3.69. The number of fused-ring (bicyclic) bond motifs is 1. The van der Waals surface area contributed by atoms with E-state index in [1.807, 2.05) is 0 Å². The van der Waals surface area contributed by atoms with Gasteiger partial charge in [0.05, 0.1) is 11.1 Å². The van der Waals surface area contributed by atoms with Crippen LogP contribution in [-0.2, 0) is 6.42 Å². The van der Waals surface area contributed by atoms with Crippen molar-refractivity contribution in [2.45, 2.75) is 12.5 Å². The monoisotopic (exact) mass is 312 g/mol. The molecule has 1 atom stereocenters. The first-order chi connectivity index (χ1) is 10.0. The van der Waals surface area contributed by atoms with E-state index in [0.29, 0.717) is 27.6 Å². The lowest BCUT2D eigenvalue weighted by Gasteiger charge is -2.13. The largest absolute Gasteiger partial charge is 0.454 e. The fourth-order valence-electron chi connectivity index (χ4n) is 2.25. The van der Waals surface area contributed by atoms with Gasteiger partial charge in [-0.1, -0.05) is 11.6 Å². The van der Waals surface area contributed by atoms with Gasteiger partial charge in [0.1, 0.15) is 11.6 Å². The Balaban J connectivity index is 1.85. The number of hydrogen-bond acceptors (Lipinski definition) is 3. The molecule has 0 aromatic heterocycles. The van der Waals surface area contributed by atoms with Crippen molar-refractivity contribution in [3.05, 3.63) is 58.1 Å². The van der Waals surface area contributed by atoms with Crippen molar-refractivity contribution in [1.29, 1.82) is 0 Å². The van der Waals surface area contributed by atoms with Gasteiger partial charge in [-0.15, -0.1) is 0 Å². The van der Waals surface area contributed by atoms with Crippen LogP contribution in [-0.4, -0.2) is 11.9 Å².